The largest absolute Gasteiger partial charge is 0.399 e. The van der Waals surface area contributed by atoms with E-state index in [1.807, 2.05) is 0 Å². The Bertz CT molecular complexity index is 598. The summed E-state index contributed by atoms with van der Waals surface area (Å²) >= 11 is 5.97. The van der Waals surface area contributed by atoms with E-state index in [9.17, 15) is 8.42 Å². The van der Waals surface area contributed by atoms with E-state index < -0.39 is 10.0 Å². The Balaban J connectivity index is 1.73. The van der Waals surface area contributed by atoms with Crippen LogP contribution in [0.4, 0.5) is 5.69 Å². The minimum Gasteiger partial charge on any atom is -0.399 e. The summed E-state index contributed by atoms with van der Waals surface area (Å²) in [6.45, 7) is 0.517. The Hall–Kier alpha value is -0.780. The number of rotatable bonds is 6. The summed E-state index contributed by atoms with van der Waals surface area (Å²) in [6.07, 6.45) is 4.95. The van der Waals surface area contributed by atoms with E-state index in [0.717, 1.165) is 0 Å². The van der Waals surface area contributed by atoms with Crippen molar-refractivity contribution < 1.29 is 8.42 Å². The summed E-state index contributed by atoms with van der Waals surface area (Å²) in [5.41, 5.74) is 6.04. The van der Waals surface area contributed by atoms with Crippen LogP contribution in [0.3, 0.4) is 0 Å². The Morgan fingerprint density at radius 1 is 1.25 bits per heavy atom. The van der Waals surface area contributed by atoms with E-state index in [2.05, 4.69) is 4.72 Å². The summed E-state index contributed by atoms with van der Waals surface area (Å²) in [5, 5.41) is 0.209. The molecule has 20 heavy (non-hydrogen) atoms. The van der Waals surface area contributed by atoms with Crippen molar-refractivity contribution in [3.8, 4) is 0 Å². The predicted molar refractivity (Wildman–Crippen MR) is 80.0 cm³/mol. The van der Waals surface area contributed by atoms with Gasteiger partial charge in [0.05, 0.1) is 5.02 Å². The molecule has 3 rings (SSSR count). The highest BCUT2D eigenvalue weighted by Crippen LogP contribution is 2.48. The topological polar surface area (TPSA) is 72.2 Å². The molecule has 0 aliphatic heterocycles. The Labute approximate surface area is 124 Å². The quantitative estimate of drug-likeness (QED) is 0.793. The maximum Gasteiger partial charge on any atom is 0.242 e. The third-order valence-corrected chi connectivity index (χ3v) is 6.11. The van der Waals surface area contributed by atoms with Gasteiger partial charge in [0.25, 0.3) is 0 Å². The number of nitrogen functional groups attached to an aromatic ring is 1. The van der Waals surface area contributed by atoms with Crippen LogP contribution in [0, 0.1) is 17.8 Å². The molecule has 2 saturated carbocycles. The van der Waals surface area contributed by atoms with Gasteiger partial charge in [-0.2, -0.15) is 0 Å². The van der Waals surface area contributed by atoms with Gasteiger partial charge >= 0.3 is 0 Å². The normalized spacial score (nSPS) is 19.5. The number of halogens is 1. The van der Waals surface area contributed by atoms with Crippen molar-refractivity contribution in [3.63, 3.8) is 0 Å². The van der Waals surface area contributed by atoms with Crippen molar-refractivity contribution in [1.82, 2.24) is 4.72 Å². The molecule has 0 saturated heterocycles. The molecule has 0 spiro atoms. The lowest BCUT2D eigenvalue weighted by molar-refractivity contribution is 0.401. The number of anilines is 1. The fourth-order valence-corrected chi connectivity index (χ4v) is 4.38. The smallest absolute Gasteiger partial charge is 0.242 e. The molecular weight excluding hydrogens is 296 g/mol. The number of hydrogen-bond acceptors (Lipinski definition) is 3. The zero-order valence-electron chi connectivity index (χ0n) is 11.2. The first-order valence-corrected chi connectivity index (χ1v) is 8.88. The predicted octanol–water partition coefficient (Wildman–Crippen LogP) is 2.64. The molecule has 110 valence electrons. The summed E-state index contributed by atoms with van der Waals surface area (Å²) in [4.78, 5) is 0.0736. The number of sulfonamides is 1. The first-order valence-electron chi connectivity index (χ1n) is 7.02. The standard InChI is InChI=1S/C14H19ClN2O2S/c15-13-6-5-11(16)7-14(13)20(18,19)17-8-12(9-1-2-9)10-3-4-10/h5-7,9-10,12,17H,1-4,8,16H2. The van der Waals surface area contributed by atoms with Crippen molar-refractivity contribution in [1.29, 1.82) is 0 Å². The van der Waals surface area contributed by atoms with E-state index in [1.54, 1.807) is 6.07 Å². The van der Waals surface area contributed by atoms with Gasteiger partial charge in [0.1, 0.15) is 4.90 Å². The van der Waals surface area contributed by atoms with Gasteiger partial charge in [-0.3, -0.25) is 0 Å². The molecule has 4 nitrogen and oxygen atoms in total. The van der Waals surface area contributed by atoms with E-state index in [1.165, 1.54) is 37.8 Å². The highest BCUT2D eigenvalue weighted by Gasteiger charge is 2.41. The average molecular weight is 315 g/mol. The fraction of sp³-hybridized carbons (Fsp3) is 0.571. The Kier molecular flexibility index (Phi) is 3.69. The molecule has 0 atom stereocenters. The van der Waals surface area contributed by atoms with Gasteiger partial charge in [0.2, 0.25) is 10.0 Å². The van der Waals surface area contributed by atoms with Crippen molar-refractivity contribution in [2.45, 2.75) is 30.6 Å². The van der Waals surface area contributed by atoms with Gasteiger partial charge in [-0.15, -0.1) is 0 Å². The number of benzene rings is 1. The van der Waals surface area contributed by atoms with Gasteiger partial charge in [-0.1, -0.05) is 11.6 Å². The second-order valence-corrected chi connectivity index (χ2v) is 8.02. The maximum absolute atomic E-state index is 12.3. The van der Waals surface area contributed by atoms with Crippen LogP contribution in [-0.4, -0.2) is 15.0 Å². The lowest BCUT2D eigenvalue weighted by Crippen LogP contribution is -2.31. The van der Waals surface area contributed by atoms with Crippen molar-refractivity contribution in [3.05, 3.63) is 23.2 Å². The number of hydrogen-bond donors (Lipinski definition) is 2. The lowest BCUT2D eigenvalue weighted by Gasteiger charge is -2.17. The van der Waals surface area contributed by atoms with Crippen LogP contribution in [0.25, 0.3) is 0 Å². The molecule has 2 fully saturated rings. The van der Waals surface area contributed by atoms with Crippen molar-refractivity contribution in [2.24, 2.45) is 17.8 Å². The van der Waals surface area contributed by atoms with E-state index in [0.29, 0.717) is 30.0 Å². The molecule has 2 aliphatic carbocycles. The van der Waals surface area contributed by atoms with Gasteiger partial charge in [-0.25, -0.2) is 13.1 Å². The van der Waals surface area contributed by atoms with Crippen LogP contribution in [0.15, 0.2) is 23.1 Å². The third-order valence-electron chi connectivity index (χ3n) is 4.21. The van der Waals surface area contributed by atoms with Gasteiger partial charge in [0, 0.05) is 12.2 Å². The molecule has 0 radical (unpaired) electrons. The van der Waals surface area contributed by atoms with Crippen LogP contribution < -0.4 is 10.5 Å². The first-order chi connectivity index (χ1) is 9.47. The molecular formula is C14H19ClN2O2S. The van der Waals surface area contributed by atoms with Crippen LogP contribution in [0.2, 0.25) is 5.02 Å². The molecule has 0 amide bonds. The molecule has 0 bridgehead atoms. The highest BCUT2D eigenvalue weighted by atomic mass is 35.5. The average Bonchev–Trinajstić information content (AvgIpc) is 3.25. The summed E-state index contributed by atoms with van der Waals surface area (Å²) in [7, 11) is -3.58. The van der Waals surface area contributed by atoms with Crippen molar-refractivity contribution >= 4 is 27.3 Å². The molecule has 3 N–H and O–H groups in total. The third kappa shape index (κ3) is 3.10. The van der Waals surface area contributed by atoms with E-state index in [4.69, 9.17) is 17.3 Å². The van der Waals surface area contributed by atoms with Crippen molar-refractivity contribution in [2.75, 3.05) is 12.3 Å². The van der Waals surface area contributed by atoms with Gasteiger partial charge in [0.15, 0.2) is 0 Å². The first kappa shape index (κ1) is 14.2. The SMILES string of the molecule is Nc1ccc(Cl)c(S(=O)(=O)NCC(C2CC2)C2CC2)c1. The molecule has 0 unspecified atom stereocenters. The minimum atomic E-state index is -3.58. The minimum absolute atomic E-state index is 0.0736. The van der Waals surface area contributed by atoms with Crippen LogP contribution in [0.5, 0.6) is 0 Å². The fourth-order valence-electron chi connectivity index (χ4n) is 2.78. The summed E-state index contributed by atoms with van der Waals surface area (Å²) in [6, 6.07) is 4.52. The molecule has 2 aliphatic rings. The highest BCUT2D eigenvalue weighted by molar-refractivity contribution is 7.89. The molecule has 0 heterocycles. The number of nitrogens with one attached hydrogen (secondary N) is 1. The van der Waals surface area contributed by atoms with Gasteiger partial charge < -0.3 is 5.73 Å². The zero-order chi connectivity index (χ0) is 14.3. The Morgan fingerprint density at radius 2 is 1.85 bits per heavy atom. The van der Waals surface area contributed by atoms with E-state index >= 15 is 0 Å². The molecule has 0 aromatic heterocycles. The lowest BCUT2D eigenvalue weighted by atomic mass is 9.99. The second-order valence-electron chi connectivity index (χ2n) is 5.88. The van der Waals surface area contributed by atoms with Crippen LogP contribution >= 0.6 is 11.6 Å². The van der Waals surface area contributed by atoms with E-state index in [-0.39, 0.29) is 9.92 Å². The molecule has 1 aromatic carbocycles. The second kappa shape index (κ2) is 5.20. The number of nitrogens with two attached hydrogens (primary N) is 1. The monoisotopic (exact) mass is 314 g/mol. The van der Waals surface area contributed by atoms with Crippen LogP contribution in [0.1, 0.15) is 25.7 Å². The molecule has 1 aromatic rings. The van der Waals surface area contributed by atoms with Gasteiger partial charge in [-0.05, 0) is 61.6 Å². The molecule has 6 heteroatoms. The summed E-state index contributed by atoms with van der Waals surface area (Å²) in [5.74, 6) is 1.91. The summed E-state index contributed by atoms with van der Waals surface area (Å²) < 4.78 is 27.4. The van der Waals surface area contributed by atoms with Crippen LogP contribution in [-0.2, 0) is 10.0 Å². The zero-order valence-corrected chi connectivity index (χ0v) is 12.8. The maximum atomic E-state index is 12.3. The Morgan fingerprint density at radius 3 is 2.40 bits per heavy atom.